The number of nitrogens with zero attached hydrogens (tertiary/aromatic N) is 2. The van der Waals surface area contributed by atoms with Crippen LogP contribution in [0.3, 0.4) is 0 Å². The maximum absolute atomic E-state index is 12.8. The first-order valence-corrected chi connectivity index (χ1v) is 8.68. The number of esters is 1. The normalized spacial score (nSPS) is 12.3. The Balaban J connectivity index is 2.19. The Labute approximate surface area is 140 Å². The second-order valence-electron chi connectivity index (χ2n) is 4.79. The lowest BCUT2D eigenvalue weighted by molar-refractivity contribution is -0.139. The second-order valence-corrected chi connectivity index (χ2v) is 7.01. The lowest BCUT2D eigenvalue weighted by Gasteiger charge is -2.14. The molecule has 3 rings (SSSR count). The van der Waals surface area contributed by atoms with Crippen molar-refractivity contribution in [1.29, 1.82) is 0 Å². The molecule has 1 aromatic carbocycles. The fourth-order valence-corrected chi connectivity index (χ4v) is 3.86. The van der Waals surface area contributed by atoms with E-state index in [1.807, 2.05) is 41.8 Å². The Bertz CT molecular complexity index is 903. The number of fused-ring (bicyclic) bond motifs is 1. The zero-order chi connectivity index (χ0) is 16.4. The van der Waals surface area contributed by atoms with Gasteiger partial charge in [0, 0.05) is 0 Å². The van der Waals surface area contributed by atoms with Gasteiger partial charge in [-0.2, -0.15) is 0 Å². The van der Waals surface area contributed by atoms with E-state index >= 15 is 0 Å². The van der Waals surface area contributed by atoms with Crippen molar-refractivity contribution in [3.8, 4) is 5.69 Å². The monoisotopic (exact) mass is 346 g/mol. The molecular weight excluding hydrogens is 332 g/mol. The van der Waals surface area contributed by atoms with Gasteiger partial charge in [0.05, 0.1) is 18.3 Å². The van der Waals surface area contributed by atoms with E-state index in [9.17, 15) is 9.59 Å². The van der Waals surface area contributed by atoms with Crippen LogP contribution in [0.2, 0.25) is 0 Å². The number of aromatic nitrogens is 2. The average Bonchev–Trinajstić information content (AvgIpc) is 3.03. The predicted molar refractivity (Wildman–Crippen MR) is 92.6 cm³/mol. The van der Waals surface area contributed by atoms with E-state index in [4.69, 9.17) is 4.74 Å². The number of hydrogen-bond acceptors (Lipinski definition) is 6. The fourth-order valence-electron chi connectivity index (χ4n) is 2.15. The van der Waals surface area contributed by atoms with Gasteiger partial charge in [-0.25, -0.2) is 4.98 Å². The first-order valence-electron chi connectivity index (χ1n) is 6.92. The number of methoxy groups -OCH3 is 1. The molecule has 0 N–H and O–H groups in total. The van der Waals surface area contributed by atoms with Gasteiger partial charge in [0.1, 0.15) is 9.95 Å². The van der Waals surface area contributed by atoms with Gasteiger partial charge < -0.3 is 4.74 Å². The summed E-state index contributed by atoms with van der Waals surface area (Å²) in [6.45, 7) is 1.73. The SMILES string of the molecule is COC(=O)[C@@H](C)Sc1nc2ccsc2c(=O)n1-c1ccccc1. The third kappa shape index (κ3) is 3.02. The number of para-hydroxylation sites is 1. The summed E-state index contributed by atoms with van der Waals surface area (Å²) in [6.07, 6.45) is 0. The lowest BCUT2D eigenvalue weighted by Crippen LogP contribution is -2.23. The van der Waals surface area contributed by atoms with Crippen LogP contribution in [0.1, 0.15) is 6.92 Å². The maximum Gasteiger partial charge on any atom is 0.318 e. The minimum Gasteiger partial charge on any atom is -0.468 e. The number of carbonyl (C=O) groups excluding carboxylic acids is 1. The number of hydrogen-bond donors (Lipinski definition) is 0. The first-order chi connectivity index (χ1) is 11.1. The summed E-state index contributed by atoms with van der Waals surface area (Å²) >= 11 is 2.58. The summed E-state index contributed by atoms with van der Waals surface area (Å²) in [5.74, 6) is -0.353. The lowest BCUT2D eigenvalue weighted by atomic mass is 10.3. The van der Waals surface area contributed by atoms with Crippen LogP contribution in [0.15, 0.2) is 51.7 Å². The number of ether oxygens (including phenoxy) is 1. The number of benzene rings is 1. The predicted octanol–water partition coefficient (Wildman–Crippen LogP) is 3.10. The van der Waals surface area contributed by atoms with Crippen molar-refractivity contribution in [3.05, 3.63) is 52.1 Å². The van der Waals surface area contributed by atoms with Crippen LogP contribution in [0.5, 0.6) is 0 Å². The third-order valence-corrected chi connectivity index (χ3v) is 5.20. The topological polar surface area (TPSA) is 61.2 Å². The molecule has 5 nitrogen and oxygen atoms in total. The van der Waals surface area contributed by atoms with Gasteiger partial charge in [0.25, 0.3) is 5.56 Å². The van der Waals surface area contributed by atoms with Crippen LogP contribution in [-0.4, -0.2) is 27.9 Å². The number of carbonyl (C=O) groups is 1. The van der Waals surface area contributed by atoms with Gasteiger partial charge in [-0.15, -0.1) is 11.3 Å². The zero-order valence-electron chi connectivity index (χ0n) is 12.6. The highest BCUT2D eigenvalue weighted by Crippen LogP contribution is 2.26. The quantitative estimate of drug-likeness (QED) is 0.413. The fraction of sp³-hybridized carbons (Fsp3) is 0.188. The molecule has 118 valence electrons. The van der Waals surface area contributed by atoms with Crippen molar-refractivity contribution in [2.24, 2.45) is 0 Å². The molecule has 2 aromatic heterocycles. The van der Waals surface area contributed by atoms with Crippen molar-refractivity contribution in [2.75, 3.05) is 7.11 Å². The number of thiophene rings is 1. The molecule has 0 saturated heterocycles. The van der Waals surface area contributed by atoms with E-state index < -0.39 is 5.25 Å². The molecule has 0 radical (unpaired) electrons. The highest BCUT2D eigenvalue weighted by Gasteiger charge is 2.20. The van der Waals surface area contributed by atoms with Gasteiger partial charge in [0.15, 0.2) is 5.16 Å². The van der Waals surface area contributed by atoms with E-state index in [0.29, 0.717) is 15.4 Å². The summed E-state index contributed by atoms with van der Waals surface area (Å²) in [7, 11) is 1.35. The minimum atomic E-state index is -0.460. The molecule has 0 bridgehead atoms. The molecule has 1 atom stereocenters. The van der Waals surface area contributed by atoms with Crippen LogP contribution in [0.25, 0.3) is 15.9 Å². The third-order valence-electron chi connectivity index (χ3n) is 3.28. The Morgan fingerprint density at radius 3 is 2.74 bits per heavy atom. The Morgan fingerprint density at radius 1 is 1.30 bits per heavy atom. The molecular formula is C16H14N2O3S2. The number of rotatable bonds is 4. The molecule has 0 spiro atoms. The molecule has 0 saturated carbocycles. The molecule has 3 aromatic rings. The van der Waals surface area contributed by atoms with Crippen LogP contribution in [0.4, 0.5) is 0 Å². The highest BCUT2D eigenvalue weighted by atomic mass is 32.2. The van der Waals surface area contributed by atoms with Crippen LogP contribution < -0.4 is 5.56 Å². The second kappa shape index (κ2) is 6.55. The molecule has 23 heavy (non-hydrogen) atoms. The summed E-state index contributed by atoms with van der Waals surface area (Å²) in [5.41, 5.74) is 1.24. The molecule has 0 aliphatic rings. The standard InChI is InChI=1S/C16H14N2O3S2/c1-10(15(20)21-2)23-16-17-12-8-9-22-13(12)14(19)18(16)11-6-4-3-5-7-11/h3-10H,1-2H3/t10-/m1/s1. The largest absolute Gasteiger partial charge is 0.468 e. The van der Waals surface area contributed by atoms with Crippen molar-refractivity contribution in [2.45, 2.75) is 17.3 Å². The Hall–Kier alpha value is -2.12. The van der Waals surface area contributed by atoms with Crippen LogP contribution >= 0.6 is 23.1 Å². The van der Waals surface area contributed by atoms with Gasteiger partial charge in [-0.1, -0.05) is 30.0 Å². The molecule has 7 heteroatoms. The minimum absolute atomic E-state index is 0.129. The first kappa shape index (κ1) is 15.8. The van der Waals surface area contributed by atoms with E-state index in [1.54, 1.807) is 11.5 Å². The van der Waals surface area contributed by atoms with Gasteiger partial charge in [-0.3, -0.25) is 14.2 Å². The van der Waals surface area contributed by atoms with Crippen LogP contribution in [-0.2, 0) is 9.53 Å². The van der Waals surface area contributed by atoms with E-state index in [2.05, 4.69) is 4.98 Å². The smallest absolute Gasteiger partial charge is 0.318 e. The maximum atomic E-state index is 12.8. The molecule has 0 aliphatic heterocycles. The molecule has 0 fully saturated rings. The number of thioether (sulfide) groups is 1. The zero-order valence-corrected chi connectivity index (χ0v) is 14.2. The van der Waals surface area contributed by atoms with Crippen molar-refractivity contribution in [1.82, 2.24) is 9.55 Å². The van der Waals surface area contributed by atoms with Crippen LogP contribution in [0, 0.1) is 0 Å². The Morgan fingerprint density at radius 2 is 2.04 bits per heavy atom. The summed E-state index contributed by atoms with van der Waals surface area (Å²) in [5, 5.41) is 1.86. The highest BCUT2D eigenvalue weighted by molar-refractivity contribution is 8.00. The summed E-state index contributed by atoms with van der Waals surface area (Å²) in [4.78, 5) is 29.1. The Kier molecular flexibility index (Phi) is 4.49. The van der Waals surface area contributed by atoms with E-state index in [-0.39, 0.29) is 11.5 Å². The van der Waals surface area contributed by atoms with E-state index in [0.717, 1.165) is 5.69 Å². The summed E-state index contributed by atoms with van der Waals surface area (Å²) in [6, 6.07) is 11.1. The summed E-state index contributed by atoms with van der Waals surface area (Å²) < 4.78 is 6.91. The van der Waals surface area contributed by atoms with E-state index in [1.165, 1.54) is 30.2 Å². The van der Waals surface area contributed by atoms with Gasteiger partial charge in [0.2, 0.25) is 0 Å². The van der Waals surface area contributed by atoms with Gasteiger partial charge >= 0.3 is 5.97 Å². The van der Waals surface area contributed by atoms with Gasteiger partial charge in [-0.05, 0) is 30.5 Å². The molecule has 0 aliphatic carbocycles. The molecule has 0 amide bonds. The van der Waals surface area contributed by atoms with Crippen molar-refractivity contribution >= 4 is 39.3 Å². The molecule has 0 unspecified atom stereocenters. The average molecular weight is 346 g/mol. The van der Waals surface area contributed by atoms with Crippen molar-refractivity contribution in [3.63, 3.8) is 0 Å². The van der Waals surface area contributed by atoms with Crippen molar-refractivity contribution < 1.29 is 9.53 Å². The molecule has 2 heterocycles.